The number of anilines is 1. The highest BCUT2D eigenvalue weighted by Gasteiger charge is 2.17. The van der Waals surface area contributed by atoms with Crippen molar-refractivity contribution in [1.82, 2.24) is 9.97 Å². The maximum atomic E-state index is 10.7. The van der Waals surface area contributed by atoms with E-state index in [9.17, 15) is 4.79 Å². The van der Waals surface area contributed by atoms with Crippen molar-refractivity contribution in [3.05, 3.63) is 58.5 Å². The van der Waals surface area contributed by atoms with Crippen LogP contribution in [0.4, 0.5) is 5.82 Å². The number of hydrogen-bond acceptors (Lipinski definition) is 4. The molecule has 1 N–H and O–H groups in total. The predicted molar refractivity (Wildman–Crippen MR) is 113 cm³/mol. The van der Waals surface area contributed by atoms with Crippen LogP contribution in [0.3, 0.4) is 0 Å². The molecule has 148 valence electrons. The number of piperidine rings is 1. The van der Waals surface area contributed by atoms with E-state index < -0.39 is 5.97 Å². The zero-order valence-corrected chi connectivity index (χ0v) is 16.9. The quantitative estimate of drug-likeness (QED) is 0.695. The van der Waals surface area contributed by atoms with Gasteiger partial charge in [-0.05, 0) is 49.4 Å². The summed E-state index contributed by atoms with van der Waals surface area (Å²) in [6.45, 7) is 3.91. The third kappa shape index (κ3) is 5.80. The highest BCUT2D eigenvalue weighted by atomic mass is 35.5. The summed E-state index contributed by atoms with van der Waals surface area (Å²) in [5.74, 6) is 1.15. The molecule has 5 nitrogen and oxygen atoms in total. The Morgan fingerprint density at radius 2 is 2.11 bits per heavy atom. The summed E-state index contributed by atoms with van der Waals surface area (Å²) in [4.78, 5) is 22.1. The number of nitrogens with zero attached hydrogens (tertiary/aromatic N) is 3. The summed E-state index contributed by atoms with van der Waals surface area (Å²) < 4.78 is 0. The van der Waals surface area contributed by atoms with Crippen LogP contribution in [0.15, 0.2) is 42.1 Å². The van der Waals surface area contributed by atoms with Crippen molar-refractivity contribution >= 4 is 29.5 Å². The van der Waals surface area contributed by atoms with E-state index in [2.05, 4.69) is 29.0 Å². The molecule has 0 bridgehead atoms. The van der Waals surface area contributed by atoms with Gasteiger partial charge in [-0.3, -0.25) is 4.79 Å². The smallest absolute Gasteiger partial charge is 0.303 e. The zero-order valence-electron chi connectivity index (χ0n) is 16.1. The second kappa shape index (κ2) is 9.69. The Morgan fingerprint density at radius 1 is 1.32 bits per heavy atom. The largest absolute Gasteiger partial charge is 0.481 e. The minimum atomic E-state index is -0.753. The van der Waals surface area contributed by atoms with Crippen molar-refractivity contribution in [2.75, 3.05) is 18.0 Å². The third-order valence-electron chi connectivity index (χ3n) is 5.08. The van der Waals surface area contributed by atoms with E-state index in [0.717, 1.165) is 54.6 Å². The molecule has 1 aliphatic heterocycles. The normalized spacial score (nSPS) is 15.4. The van der Waals surface area contributed by atoms with Gasteiger partial charge in [0.1, 0.15) is 11.6 Å². The minimum absolute atomic E-state index is 0.155. The first kappa shape index (κ1) is 20.3. The van der Waals surface area contributed by atoms with Crippen LogP contribution in [0, 0.1) is 0 Å². The van der Waals surface area contributed by atoms with E-state index in [4.69, 9.17) is 21.7 Å². The molecule has 1 aliphatic rings. The van der Waals surface area contributed by atoms with Gasteiger partial charge in [-0.25, -0.2) is 9.97 Å². The molecule has 0 saturated carbocycles. The van der Waals surface area contributed by atoms with E-state index in [-0.39, 0.29) is 12.3 Å². The highest BCUT2D eigenvalue weighted by Crippen LogP contribution is 2.25. The van der Waals surface area contributed by atoms with Crippen molar-refractivity contribution in [1.29, 1.82) is 0 Å². The van der Waals surface area contributed by atoms with Crippen LogP contribution >= 0.6 is 11.6 Å². The van der Waals surface area contributed by atoms with Gasteiger partial charge in [-0.15, -0.1) is 0 Å². The Hall–Kier alpha value is -2.40. The Kier molecular flexibility index (Phi) is 7.04. The highest BCUT2D eigenvalue weighted by molar-refractivity contribution is 6.30. The molecule has 0 amide bonds. The summed E-state index contributed by atoms with van der Waals surface area (Å²) in [6, 6.07) is 9.89. The fraction of sp³-hybridized carbons (Fsp3) is 0.409. The number of hydrogen-bond donors (Lipinski definition) is 1. The van der Waals surface area contributed by atoms with E-state index in [1.807, 2.05) is 30.5 Å². The summed E-state index contributed by atoms with van der Waals surface area (Å²) in [5.41, 5.74) is 2.57. The third-order valence-corrected chi connectivity index (χ3v) is 5.31. The molecule has 1 aromatic heterocycles. The number of aromatic nitrogens is 2. The molecule has 6 heteroatoms. The summed E-state index contributed by atoms with van der Waals surface area (Å²) in [7, 11) is 0. The zero-order chi connectivity index (χ0) is 19.9. The average Bonchev–Trinajstić information content (AvgIpc) is 2.68. The number of carboxylic acid groups (broad SMARTS) is 1. The van der Waals surface area contributed by atoms with Gasteiger partial charge in [0, 0.05) is 36.6 Å². The molecule has 0 radical (unpaired) electrons. The lowest BCUT2D eigenvalue weighted by Gasteiger charge is -2.30. The molecule has 1 saturated heterocycles. The van der Waals surface area contributed by atoms with Gasteiger partial charge < -0.3 is 10.0 Å². The van der Waals surface area contributed by atoms with Crippen LogP contribution in [-0.4, -0.2) is 34.1 Å². The molecule has 3 rings (SSSR count). The van der Waals surface area contributed by atoms with Crippen molar-refractivity contribution in [2.24, 2.45) is 0 Å². The fourth-order valence-corrected chi connectivity index (χ4v) is 3.66. The van der Waals surface area contributed by atoms with Crippen molar-refractivity contribution < 1.29 is 9.90 Å². The number of benzene rings is 1. The van der Waals surface area contributed by atoms with E-state index in [1.165, 1.54) is 5.57 Å². The topological polar surface area (TPSA) is 66.3 Å². The number of carbonyl (C=O) groups is 1. The maximum absolute atomic E-state index is 10.7. The first-order valence-corrected chi connectivity index (χ1v) is 10.1. The number of aliphatic carboxylic acids is 1. The first-order valence-electron chi connectivity index (χ1n) is 9.76. The lowest BCUT2D eigenvalue weighted by Crippen LogP contribution is -2.31. The van der Waals surface area contributed by atoms with Gasteiger partial charge in [0.25, 0.3) is 0 Å². The van der Waals surface area contributed by atoms with Gasteiger partial charge in [-0.2, -0.15) is 0 Å². The molecule has 1 aromatic carbocycles. The SMILES string of the molecule is C[C@H](CCCC(=O)O)c1nccc(N2CCC(=Cc3cccc(Cl)c3)CC2)n1. The summed E-state index contributed by atoms with van der Waals surface area (Å²) in [5, 5.41) is 9.55. The number of carboxylic acids is 1. The second-order valence-electron chi connectivity index (χ2n) is 7.30. The molecule has 0 unspecified atom stereocenters. The molecule has 2 heterocycles. The second-order valence-corrected chi connectivity index (χ2v) is 7.74. The summed E-state index contributed by atoms with van der Waals surface area (Å²) >= 11 is 6.07. The van der Waals surface area contributed by atoms with E-state index in [0.29, 0.717) is 6.42 Å². The standard InChI is InChI=1S/C22H26ClN3O2/c1-16(4-2-7-21(27)28)22-24-11-8-20(25-22)26-12-9-17(10-13-26)14-18-5-3-6-19(23)15-18/h3,5-6,8,11,14-16H,2,4,7,9-10,12-13H2,1H3,(H,27,28)/t16-/m1/s1. The molecule has 0 aliphatic carbocycles. The lowest BCUT2D eigenvalue weighted by atomic mass is 10.0. The Balaban J connectivity index is 1.59. The fourth-order valence-electron chi connectivity index (χ4n) is 3.47. The lowest BCUT2D eigenvalue weighted by molar-refractivity contribution is -0.137. The van der Waals surface area contributed by atoms with Crippen molar-refractivity contribution in [3.8, 4) is 0 Å². The summed E-state index contributed by atoms with van der Waals surface area (Å²) in [6.07, 6.45) is 7.66. The Labute approximate surface area is 171 Å². The molecular formula is C22H26ClN3O2. The van der Waals surface area contributed by atoms with Gasteiger partial charge in [0.15, 0.2) is 0 Å². The molecule has 1 fully saturated rings. The molecule has 28 heavy (non-hydrogen) atoms. The molecular weight excluding hydrogens is 374 g/mol. The Bertz CT molecular complexity index is 843. The van der Waals surface area contributed by atoms with Crippen molar-refractivity contribution in [2.45, 2.75) is 44.9 Å². The van der Waals surface area contributed by atoms with Crippen LogP contribution in [0.25, 0.3) is 6.08 Å². The van der Waals surface area contributed by atoms with Crippen molar-refractivity contribution in [3.63, 3.8) is 0 Å². The van der Waals surface area contributed by atoms with Crippen LogP contribution < -0.4 is 4.90 Å². The van der Waals surface area contributed by atoms with Gasteiger partial charge in [-0.1, -0.05) is 42.3 Å². The maximum Gasteiger partial charge on any atom is 0.303 e. The van der Waals surface area contributed by atoms with Crippen LogP contribution in [0.1, 0.15) is 56.3 Å². The van der Waals surface area contributed by atoms with Crippen LogP contribution in [0.5, 0.6) is 0 Å². The predicted octanol–water partition coefficient (Wildman–Crippen LogP) is 5.17. The van der Waals surface area contributed by atoms with E-state index >= 15 is 0 Å². The first-order chi connectivity index (χ1) is 13.5. The van der Waals surface area contributed by atoms with Gasteiger partial charge in [0.2, 0.25) is 0 Å². The van der Waals surface area contributed by atoms with Crippen LogP contribution in [0.2, 0.25) is 5.02 Å². The average molecular weight is 400 g/mol. The molecule has 2 aromatic rings. The van der Waals surface area contributed by atoms with Gasteiger partial charge in [0.05, 0.1) is 0 Å². The molecule has 1 atom stereocenters. The molecule has 0 spiro atoms. The van der Waals surface area contributed by atoms with Gasteiger partial charge >= 0.3 is 5.97 Å². The number of halogens is 1. The van der Waals surface area contributed by atoms with Crippen LogP contribution in [-0.2, 0) is 4.79 Å². The Morgan fingerprint density at radius 3 is 2.82 bits per heavy atom. The van der Waals surface area contributed by atoms with E-state index in [1.54, 1.807) is 0 Å². The number of rotatable bonds is 7. The monoisotopic (exact) mass is 399 g/mol. The minimum Gasteiger partial charge on any atom is -0.481 e.